The van der Waals surface area contributed by atoms with Crippen molar-refractivity contribution in [2.75, 3.05) is 0 Å². The molecule has 1 amide bonds. The van der Waals surface area contributed by atoms with Crippen molar-refractivity contribution in [3.63, 3.8) is 0 Å². The van der Waals surface area contributed by atoms with Gasteiger partial charge in [0.1, 0.15) is 0 Å². The second-order valence-electron chi connectivity index (χ2n) is 8.43. The quantitative estimate of drug-likeness (QED) is 0.236. The van der Waals surface area contributed by atoms with Crippen LogP contribution in [0.4, 0.5) is 5.69 Å². The molecule has 34 heavy (non-hydrogen) atoms. The molecule has 3 aromatic carbocycles. The fraction of sp³-hybridized carbons (Fsp3) is 0.185. The molecule has 0 aliphatic rings. The Kier molecular flexibility index (Phi) is 6.54. The predicted octanol–water partition coefficient (Wildman–Crippen LogP) is 5.22. The molecular formula is C27H26N4O3. The molecule has 0 unspecified atom stereocenters. The number of nitro groups is 1. The Bertz CT molecular complexity index is 1400. The van der Waals surface area contributed by atoms with Crippen molar-refractivity contribution in [2.45, 2.75) is 33.7 Å². The number of hydrazone groups is 1. The molecule has 7 heteroatoms. The number of nitro benzene ring substituents is 1. The van der Waals surface area contributed by atoms with E-state index in [-0.39, 0.29) is 18.0 Å². The maximum absolute atomic E-state index is 12.4. The number of para-hydroxylation sites is 1. The normalized spacial score (nSPS) is 11.3. The third-order valence-electron chi connectivity index (χ3n) is 6.00. The van der Waals surface area contributed by atoms with Crippen LogP contribution in [0.5, 0.6) is 0 Å². The van der Waals surface area contributed by atoms with E-state index in [2.05, 4.69) is 21.2 Å². The zero-order valence-electron chi connectivity index (χ0n) is 19.4. The van der Waals surface area contributed by atoms with E-state index in [1.54, 1.807) is 18.3 Å². The van der Waals surface area contributed by atoms with Gasteiger partial charge in [0.15, 0.2) is 0 Å². The van der Waals surface area contributed by atoms with E-state index >= 15 is 0 Å². The third kappa shape index (κ3) is 4.88. The topological polar surface area (TPSA) is 89.5 Å². The van der Waals surface area contributed by atoms with Gasteiger partial charge in [0, 0.05) is 40.8 Å². The molecule has 0 atom stereocenters. The Morgan fingerprint density at radius 2 is 1.79 bits per heavy atom. The Balaban J connectivity index is 1.54. The van der Waals surface area contributed by atoms with Gasteiger partial charge in [0.05, 0.1) is 17.6 Å². The van der Waals surface area contributed by atoms with Gasteiger partial charge in [-0.25, -0.2) is 5.43 Å². The lowest BCUT2D eigenvalue weighted by molar-refractivity contribution is -0.384. The number of carbonyl (C=O) groups excluding carboxylic acids is 1. The molecule has 0 fully saturated rings. The number of aryl methyl sites for hydroxylation is 2. The summed E-state index contributed by atoms with van der Waals surface area (Å²) in [6.45, 7) is 6.60. The van der Waals surface area contributed by atoms with E-state index in [1.165, 1.54) is 17.7 Å². The molecule has 0 saturated carbocycles. The Morgan fingerprint density at radius 1 is 1.06 bits per heavy atom. The summed E-state index contributed by atoms with van der Waals surface area (Å²) >= 11 is 0. The van der Waals surface area contributed by atoms with E-state index in [9.17, 15) is 14.9 Å². The van der Waals surface area contributed by atoms with Gasteiger partial charge in [-0.3, -0.25) is 14.9 Å². The number of fused-ring (bicyclic) bond motifs is 1. The first kappa shape index (κ1) is 22.9. The summed E-state index contributed by atoms with van der Waals surface area (Å²) in [5.41, 5.74) is 9.85. The van der Waals surface area contributed by atoms with Crippen LogP contribution in [0.1, 0.15) is 33.5 Å². The standard InChI is InChI=1S/C27H26N4O3/c1-18-8-11-22(19(2)14-18)15-27(32)29-28-16-25-20(3)30(26-7-5-4-6-24(25)26)17-21-9-12-23(13-10-21)31(33)34/h4-14,16H,15,17H2,1-3H3,(H,29,32)/b28-16+. The van der Waals surface area contributed by atoms with E-state index in [1.807, 2.05) is 57.2 Å². The monoisotopic (exact) mass is 454 g/mol. The van der Waals surface area contributed by atoms with Crippen LogP contribution in [0.15, 0.2) is 71.8 Å². The molecule has 1 heterocycles. The highest BCUT2D eigenvalue weighted by Gasteiger charge is 2.14. The van der Waals surface area contributed by atoms with Crippen molar-refractivity contribution in [3.8, 4) is 0 Å². The third-order valence-corrected chi connectivity index (χ3v) is 6.00. The summed E-state index contributed by atoms with van der Waals surface area (Å²) in [6.07, 6.45) is 1.95. The van der Waals surface area contributed by atoms with Crippen molar-refractivity contribution >= 4 is 28.7 Å². The molecule has 0 radical (unpaired) electrons. The van der Waals surface area contributed by atoms with E-state index < -0.39 is 4.92 Å². The van der Waals surface area contributed by atoms with Crippen LogP contribution in [0.2, 0.25) is 0 Å². The highest BCUT2D eigenvalue weighted by molar-refractivity contribution is 6.01. The van der Waals surface area contributed by atoms with Crippen LogP contribution in [-0.4, -0.2) is 21.6 Å². The van der Waals surface area contributed by atoms with Gasteiger partial charge >= 0.3 is 0 Å². The average molecular weight is 455 g/mol. The number of rotatable bonds is 7. The number of hydrogen-bond acceptors (Lipinski definition) is 4. The maximum atomic E-state index is 12.4. The summed E-state index contributed by atoms with van der Waals surface area (Å²) in [5.74, 6) is -0.171. The van der Waals surface area contributed by atoms with Gasteiger partial charge in [-0.2, -0.15) is 5.10 Å². The minimum absolute atomic E-state index is 0.0715. The first-order valence-electron chi connectivity index (χ1n) is 11.0. The molecule has 172 valence electrons. The van der Waals surface area contributed by atoms with Crippen molar-refractivity contribution in [1.82, 2.24) is 9.99 Å². The summed E-state index contributed by atoms with van der Waals surface area (Å²) in [4.78, 5) is 23.0. The molecule has 0 saturated heterocycles. The summed E-state index contributed by atoms with van der Waals surface area (Å²) in [6, 6.07) is 20.6. The molecule has 4 rings (SSSR count). The molecular weight excluding hydrogens is 428 g/mol. The van der Waals surface area contributed by atoms with Crippen molar-refractivity contribution < 1.29 is 9.72 Å². The first-order chi connectivity index (χ1) is 16.3. The second-order valence-corrected chi connectivity index (χ2v) is 8.43. The van der Waals surface area contributed by atoms with E-state index in [0.29, 0.717) is 6.54 Å². The lowest BCUT2D eigenvalue weighted by atomic mass is 10.0. The highest BCUT2D eigenvalue weighted by Crippen LogP contribution is 2.26. The number of nitrogens with one attached hydrogen (secondary N) is 1. The van der Waals surface area contributed by atoms with Crippen LogP contribution < -0.4 is 5.43 Å². The molecule has 1 N–H and O–H groups in total. The second kappa shape index (κ2) is 9.70. The molecule has 0 spiro atoms. The number of nitrogens with zero attached hydrogens (tertiary/aromatic N) is 3. The largest absolute Gasteiger partial charge is 0.340 e. The molecule has 7 nitrogen and oxygen atoms in total. The minimum Gasteiger partial charge on any atom is -0.340 e. The maximum Gasteiger partial charge on any atom is 0.269 e. The molecule has 0 aliphatic carbocycles. The Hall–Kier alpha value is -4.26. The number of carbonyl (C=O) groups is 1. The smallest absolute Gasteiger partial charge is 0.269 e. The van der Waals surface area contributed by atoms with Crippen molar-refractivity contribution in [3.05, 3.63) is 110 Å². The van der Waals surface area contributed by atoms with Crippen molar-refractivity contribution in [2.24, 2.45) is 5.10 Å². The number of hydrogen-bond donors (Lipinski definition) is 1. The Morgan fingerprint density at radius 3 is 2.50 bits per heavy atom. The van der Waals surface area contributed by atoms with Gasteiger partial charge in [0.25, 0.3) is 5.69 Å². The molecule has 4 aromatic rings. The SMILES string of the molecule is Cc1ccc(CC(=O)N/N=C/c2c(C)n(Cc3ccc([N+](=O)[O-])cc3)c3ccccc23)c(C)c1. The lowest BCUT2D eigenvalue weighted by Crippen LogP contribution is -2.20. The predicted molar refractivity (Wildman–Crippen MR) is 134 cm³/mol. The number of non-ortho nitro benzene ring substituents is 1. The van der Waals surface area contributed by atoms with Gasteiger partial charge in [-0.1, -0.05) is 54.1 Å². The van der Waals surface area contributed by atoms with Crippen LogP contribution in [0.3, 0.4) is 0 Å². The lowest BCUT2D eigenvalue weighted by Gasteiger charge is -2.08. The summed E-state index contributed by atoms with van der Waals surface area (Å²) < 4.78 is 2.15. The fourth-order valence-electron chi connectivity index (χ4n) is 4.16. The van der Waals surface area contributed by atoms with Gasteiger partial charge in [-0.05, 0) is 43.5 Å². The minimum atomic E-state index is -0.400. The molecule has 0 bridgehead atoms. The average Bonchev–Trinajstić information content (AvgIpc) is 3.07. The van der Waals surface area contributed by atoms with E-state index in [4.69, 9.17) is 0 Å². The zero-order valence-corrected chi connectivity index (χ0v) is 19.4. The fourth-order valence-corrected chi connectivity index (χ4v) is 4.16. The highest BCUT2D eigenvalue weighted by atomic mass is 16.6. The number of benzene rings is 3. The van der Waals surface area contributed by atoms with Crippen LogP contribution in [0.25, 0.3) is 10.9 Å². The van der Waals surface area contributed by atoms with Gasteiger partial charge in [-0.15, -0.1) is 0 Å². The van der Waals surface area contributed by atoms with E-state index in [0.717, 1.165) is 38.9 Å². The van der Waals surface area contributed by atoms with Crippen LogP contribution >= 0.6 is 0 Å². The summed E-state index contributed by atoms with van der Waals surface area (Å²) in [7, 11) is 0. The number of amides is 1. The van der Waals surface area contributed by atoms with Gasteiger partial charge < -0.3 is 4.57 Å². The van der Waals surface area contributed by atoms with Crippen molar-refractivity contribution in [1.29, 1.82) is 0 Å². The van der Waals surface area contributed by atoms with Gasteiger partial charge in [0.2, 0.25) is 5.91 Å². The zero-order chi connectivity index (χ0) is 24.2. The molecule has 1 aromatic heterocycles. The number of aromatic nitrogens is 1. The summed E-state index contributed by atoms with van der Waals surface area (Å²) in [5, 5.41) is 16.2. The van der Waals surface area contributed by atoms with Crippen LogP contribution in [-0.2, 0) is 17.8 Å². The molecule has 0 aliphatic heterocycles. The van der Waals surface area contributed by atoms with Crippen LogP contribution in [0, 0.1) is 30.9 Å². The Labute approximate surface area is 197 Å². The first-order valence-corrected chi connectivity index (χ1v) is 11.0.